The zero-order chi connectivity index (χ0) is 40.6. The minimum absolute atomic E-state index is 0. The van der Waals surface area contributed by atoms with Gasteiger partial charge >= 0.3 is 30.2 Å². The standard InChI is InChI=1S/C30H41O.C22H25.2CH3.2ClH.Si.Zr/c1-22-21-24-13-12-15-27(23-16-18-25(19-17-23)29(2,3)4)28(24)26(22)14-10-8-9-11-20-31-30(5,6)7;1-15(2)18-13-17-7-6-8-20(21(17)14-18)16-9-11-19(12-10-16)22(3,4)5;;;;;;/h12-13,15-19,21H,8-11,14,20H2,1-7H3;6-15H,1-5H3;2*1H3;2*1H;;/q4*-1;;;;. The second-order valence-electron chi connectivity index (χ2n) is 18.6. The zero-order valence-corrected chi connectivity index (χ0v) is 44.0. The van der Waals surface area contributed by atoms with Crippen LogP contribution in [0.4, 0.5) is 0 Å². The summed E-state index contributed by atoms with van der Waals surface area (Å²) in [5, 5.41) is 5.55. The molecule has 2 radical (unpaired) electrons. The molecule has 0 amide bonds. The second kappa shape index (κ2) is 25.0. The molecule has 59 heavy (non-hydrogen) atoms. The molecule has 0 N–H and O–H groups in total. The van der Waals surface area contributed by atoms with E-state index in [1.807, 2.05) is 0 Å². The number of rotatable bonds is 10. The molecular weight excluding hydrogens is 855 g/mol. The second-order valence-corrected chi connectivity index (χ2v) is 18.6. The molecule has 6 aromatic rings. The molecule has 0 heterocycles. The van der Waals surface area contributed by atoms with Crippen LogP contribution in [0.5, 0.6) is 0 Å². The number of fused-ring (bicyclic) bond motifs is 2. The molecule has 0 aromatic heterocycles. The molecule has 0 spiro atoms. The molecule has 0 aliphatic carbocycles. The van der Waals surface area contributed by atoms with E-state index in [4.69, 9.17) is 4.74 Å². The van der Waals surface area contributed by atoms with E-state index in [2.05, 4.69) is 193 Å². The van der Waals surface area contributed by atoms with Crippen LogP contribution >= 0.6 is 24.8 Å². The Morgan fingerprint density at radius 1 is 0.610 bits per heavy atom. The molecule has 0 bridgehead atoms. The topological polar surface area (TPSA) is 9.23 Å². The number of benzene rings is 4. The van der Waals surface area contributed by atoms with E-state index in [0.717, 1.165) is 19.4 Å². The number of unbranched alkanes of at least 4 members (excludes halogenated alkanes) is 3. The Balaban J connectivity index is 0.00000107. The molecule has 0 aliphatic heterocycles. The summed E-state index contributed by atoms with van der Waals surface area (Å²) in [6, 6.07) is 38.7. The van der Waals surface area contributed by atoms with Crippen LogP contribution in [-0.2, 0) is 45.3 Å². The van der Waals surface area contributed by atoms with Gasteiger partial charge in [0.1, 0.15) is 0 Å². The van der Waals surface area contributed by atoms with Crippen LogP contribution in [0.3, 0.4) is 0 Å². The molecule has 0 saturated heterocycles. The van der Waals surface area contributed by atoms with Gasteiger partial charge in [-0.1, -0.05) is 160 Å². The molecule has 322 valence electrons. The van der Waals surface area contributed by atoms with Crippen molar-refractivity contribution >= 4 is 53.2 Å². The first kappa shape index (κ1) is 56.7. The molecule has 1 nitrogen and oxygen atoms in total. The van der Waals surface area contributed by atoms with E-state index in [-0.39, 0.29) is 56.1 Å². The first-order chi connectivity index (χ1) is 25.9. The number of aryl methyl sites for hydroxylation is 2. The molecule has 6 rings (SSSR count). The van der Waals surface area contributed by atoms with Crippen LogP contribution in [0.15, 0.2) is 103 Å². The van der Waals surface area contributed by atoms with Crippen LogP contribution < -0.4 is 0 Å². The quantitative estimate of drug-likeness (QED) is 0.0756. The van der Waals surface area contributed by atoms with Crippen LogP contribution in [0.1, 0.15) is 136 Å². The van der Waals surface area contributed by atoms with Gasteiger partial charge < -0.3 is 19.6 Å². The van der Waals surface area contributed by atoms with Crippen molar-refractivity contribution in [2.45, 2.75) is 138 Å². The summed E-state index contributed by atoms with van der Waals surface area (Å²) >= 11 is 1.36. The Hall–Kier alpha value is -2.26. The molecule has 0 unspecified atom stereocenters. The molecule has 0 atom stereocenters. The SMILES string of the molecule is CC(C)c1cc2c(-c3ccc(C(C)(C)C)cc3)cccc2[cH-]1.Cc1[cH-]c2cccc(-c3ccc(C(C)(C)C)cc3)c2c1CCCCCCOC(C)(C)C.Cl.Cl.[CH3-].[CH3-].[Si]=[Zr]. The van der Waals surface area contributed by atoms with Gasteiger partial charge in [0.15, 0.2) is 0 Å². The zero-order valence-electron chi connectivity index (χ0n) is 38.9. The van der Waals surface area contributed by atoms with Crippen molar-refractivity contribution in [3.05, 3.63) is 146 Å². The Labute approximate surface area is 390 Å². The van der Waals surface area contributed by atoms with E-state index in [0.29, 0.717) is 5.92 Å². The molecule has 5 heteroatoms. The minimum atomic E-state index is -0.0210. The predicted octanol–water partition coefficient (Wildman–Crippen LogP) is 16.8. The third kappa shape index (κ3) is 15.9. The number of hydrogen-bond donors (Lipinski definition) is 0. The fourth-order valence-electron chi connectivity index (χ4n) is 7.39. The summed E-state index contributed by atoms with van der Waals surface area (Å²) in [6.07, 6.45) is 6.07. The monoisotopic (exact) mass is 926 g/mol. The average Bonchev–Trinajstić information content (AvgIpc) is 3.72. The van der Waals surface area contributed by atoms with E-state index < -0.39 is 0 Å². The van der Waals surface area contributed by atoms with Crippen molar-refractivity contribution in [1.29, 1.82) is 0 Å². The summed E-state index contributed by atoms with van der Waals surface area (Å²) < 4.78 is 5.85. The van der Waals surface area contributed by atoms with E-state index in [1.54, 1.807) is 0 Å². The molecular formula is C54H74Cl2OSiZr-4. The maximum absolute atomic E-state index is 5.85. The van der Waals surface area contributed by atoms with Crippen LogP contribution in [0, 0.1) is 21.8 Å². The first-order valence-corrected chi connectivity index (χ1v) is 24.6. The van der Waals surface area contributed by atoms with E-state index in [1.165, 1.54) is 114 Å². The van der Waals surface area contributed by atoms with Crippen LogP contribution in [0.2, 0.25) is 0 Å². The molecule has 0 aliphatic rings. The Morgan fingerprint density at radius 3 is 1.58 bits per heavy atom. The van der Waals surface area contributed by atoms with Crippen molar-refractivity contribution in [1.82, 2.24) is 0 Å². The van der Waals surface area contributed by atoms with Gasteiger partial charge in [0.05, 0.1) is 5.60 Å². The van der Waals surface area contributed by atoms with Gasteiger partial charge in [0.25, 0.3) is 0 Å². The van der Waals surface area contributed by atoms with E-state index >= 15 is 0 Å². The fraction of sp³-hybridized carbons (Fsp3) is 0.407. The third-order valence-electron chi connectivity index (χ3n) is 10.7. The Bertz CT molecular complexity index is 2100. The first-order valence-electron chi connectivity index (χ1n) is 20.4. The van der Waals surface area contributed by atoms with Gasteiger partial charge in [0, 0.05) is 6.61 Å². The van der Waals surface area contributed by atoms with Gasteiger partial charge in [0.2, 0.25) is 0 Å². The van der Waals surface area contributed by atoms with Gasteiger partial charge in [-0.3, -0.25) is 0 Å². The summed E-state index contributed by atoms with van der Waals surface area (Å²) in [5.74, 6) is 0.573. The van der Waals surface area contributed by atoms with Gasteiger partial charge in [-0.15, -0.1) is 99.4 Å². The number of halogens is 2. The van der Waals surface area contributed by atoms with Crippen LogP contribution in [0.25, 0.3) is 43.8 Å². The summed E-state index contributed by atoms with van der Waals surface area (Å²) in [5.41, 5.74) is 12.9. The maximum atomic E-state index is 5.85. The molecule has 0 saturated carbocycles. The number of ether oxygens (including phenoxy) is 1. The Kier molecular flexibility index (Phi) is 24.0. The summed E-state index contributed by atoms with van der Waals surface area (Å²) in [7, 11) is 0. The van der Waals surface area contributed by atoms with Gasteiger partial charge in [-0.05, 0) is 66.2 Å². The Morgan fingerprint density at radius 2 is 1.08 bits per heavy atom. The van der Waals surface area contributed by atoms with Crippen molar-refractivity contribution in [3.63, 3.8) is 0 Å². The summed E-state index contributed by atoms with van der Waals surface area (Å²) in [4.78, 5) is 0. The summed E-state index contributed by atoms with van der Waals surface area (Å²) in [6.45, 7) is 30.7. The van der Waals surface area contributed by atoms with Crippen molar-refractivity contribution < 1.29 is 28.1 Å². The molecule has 0 fully saturated rings. The number of hydrogen-bond acceptors (Lipinski definition) is 1. The van der Waals surface area contributed by atoms with E-state index in [9.17, 15) is 0 Å². The van der Waals surface area contributed by atoms with Crippen molar-refractivity contribution in [3.8, 4) is 22.3 Å². The van der Waals surface area contributed by atoms with Gasteiger partial charge in [-0.25, -0.2) is 0 Å². The van der Waals surface area contributed by atoms with Gasteiger partial charge in [-0.2, -0.15) is 6.07 Å². The fourth-order valence-corrected chi connectivity index (χ4v) is 7.39. The third-order valence-corrected chi connectivity index (χ3v) is 10.7. The normalized spacial score (nSPS) is 11.3. The predicted molar refractivity (Wildman–Crippen MR) is 267 cm³/mol. The van der Waals surface area contributed by atoms with Crippen LogP contribution in [-0.4, -0.2) is 19.1 Å². The van der Waals surface area contributed by atoms with Crippen molar-refractivity contribution in [2.24, 2.45) is 0 Å². The average molecular weight is 929 g/mol. The molecule has 6 aromatic carbocycles. The van der Waals surface area contributed by atoms with Crippen molar-refractivity contribution in [2.75, 3.05) is 6.61 Å².